The summed E-state index contributed by atoms with van der Waals surface area (Å²) >= 11 is 3.17. The van der Waals surface area contributed by atoms with Gasteiger partial charge in [-0.15, -0.1) is 0 Å². The number of benzene rings is 2. The summed E-state index contributed by atoms with van der Waals surface area (Å²) < 4.78 is 56.1. The third kappa shape index (κ3) is 4.72. The van der Waals surface area contributed by atoms with Gasteiger partial charge in [-0.3, -0.25) is 0 Å². The molecular weight excluding hydrogens is 515 g/mol. The molecule has 2 aromatic heterocycles. The van der Waals surface area contributed by atoms with Gasteiger partial charge in [0.1, 0.15) is 0 Å². The zero-order chi connectivity index (χ0) is 23.5. The van der Waals surface area contributed by atoms with Crippen molar-refractivity contribution in [3.8, 4) is 17.8 Å². The molecule has 0 radical (unpaired) electrons. The van der Waals surface area contributed by atoms with Gasteiger partial charge in [0.05, 0.1) is 18.1 Å². The molecule has 0 fully saturated rings. The second-order valence-electron chi connectivity index (χ2n) is 6.91. The van der Waals surface area contributed by atoms with E-state index in [2.05, 4.69) is 25.9 Å². The molecule has 6 nitrogen and oxygen atoms in total. The lowest BCUT2D eigenvalue weighted by molar-refractivity contribution is 0.0596. The van der Waals surface area contributed by atoms with Crippen LogP contribution in [-0.2, 0) is 16.6 Å². The number of fused-ring (bicyclic) bond motifs is 1. The van der Waals surface area contributed by atoms with Crippen molar-refractivity contribution < 1.29 is 22.4 Å². The van der Waals surface area contributed by atoms with E-state index in [1.807, 2.05) is 6.07 Å². The highest BCUT2D eigenvalue weighted by Crippen LogP contribution is 2.66. The molecule has 2 heterocycles. The number of aromatic nitrogens is 2. The molecule has 0 saturated carbocycles. The first-order valence-corrected chi connectivity index (χ1v) is 11.9. The molecule has 0 amide bonds. The third-order valence-electron chi connectivity index (χ3n) is 4.64. The Morgan fingerprint density at radius 1 is 0.939 bits per heavy atom. The smallest absolute Gasteiger partial charge is 0.393 e. The third-order valence-corrected chi connectivity index (χ3v) is 7.08. The minimum atomic E-state index is -5.26. The summed E-state index contributed by atoms with van der Waals surface area (Å²) in [5.74, 6) is -0.575. The van der Waals surface area contributed by atoms with Crippen molar-refractivity contribution in [1.82, 2.24) is 9.97 Å². The maximum absolute atomic E-state index is 16.0. The maximum atomic E-state index is 16.0. The Kier molecular flexibility index (Phi) is 6.41. The first-order chi connectivity index (χ1) is 15.8. The van der Waals surface area contributed by atoms with E-state index in [9.17, 15) is 4.57 Å². The van der Waals surface area contributed by atoms with E-state index in [1.54, 1.807) is 30.3 Å². The van der Waals surface area contributed by atoms with E-state index < -0.39 is 18.8 Å². The van der Waals surface area contributed by atoms with Crippen LogP contribution in [0.2, 0.25) is 0 Å². The van der Waals surface area contributed by atoms with E-state index in [4.69, 9.17) is 14.3 Å². The maximum Gasteiger partial charge on any atom is 0.507 e. The van der Waals surface area contributed by atoms with Crippen molar-refractivity contribution in [2.75, 3.05) is 0 Å². The molecule has 4 rings (SSSR count). The Balaban J connectivity index is 1.84. The normalized spacial score (nSPS) is 11.7. The Hall–Kier alpha value is -3.34. The fourth-order valence-corrected chi connectivity index (χ4v) is 5.30. The van der Waals surface area contributed by atoms with Crippen LogP contribution in [0.5, 0.6) is 11.8 Å². The van der Waals surface area contributed by atoms with Gasteiger partial charge >= 0.3 is 13.3 Å². The van der Waals surface area contributed by atoms with Gasteiger partial charge in [0, 0.05) is 29.0 Å². The van der Waals surface area contributed by atoms with Gasteiger partial charge in [0.25, 0.3) is 0 Å². The molecule has 0 aliphatic rings. The zero-order valence-electron chi connectivity index (χ0n) is 16.9. The fourth-order valence-electron chi connectivity index (χ4n) is 3.08. The van der Waals surface area contributed by atoms with Gasteiger partial charge in [0.2, 0.25) is 11.8 Å². The van der Waals surface area contributed by atoms with Gasteiger partial charge in [0.15, 0.2) is 0 Å². The van der Waals surface area contributed by atoms with Crippen LogP contribution in [0, 0.1) is 11.3 Å². The minimum Gasteiger partial charge on any atom is -0.393 e. The lowest BCUT2D eigenvalue weighted by Crippen LogP contribution is -2.22. The topological polar surface area (TPSA) is 85.1 Å². The van der Waals surface area contributed by atoms with Crippen molar-refractivity contribution in [3.05, 3.63) is 94.7 Å². The predicted molar refractivity (Wildman–Crippen MR) is 122 cm³/mol. The quantitative estimate of drug-likeness (QED) is 0.243. The van der Waals surface area contributed by atoms with Gasteiger partial charge in [-0.2, -0.15) is 14.0 Å². The number of nitriles is 1. The number of nitrogens with zero attached hydrogens (tertiary/aromatic N) is 3. The number of hydrogen-bond acceptors (Lipinski definition) is 6. The van der Waals surface area contributed by atoms with E-state index >= 15 is 8.78 Å². The highest BCUT2D eigenvalue weighted by Gasteiger charge is 2.59. The summed E-state index contributed by atoms with van der Waals surface area (Å²) in [5, 5.41) is 10.1. The van der Waals surface area contributed by atoms with Crippen LogP contribution in [0.4, 0.5) is 8.78 Å². The summed E-state index contributed by atoms with van der Waals surface area (Å²) in [5.41, 5.74) is -4.03. The van der Waals surface area contributed by atoms with E-state index in [1.165, 1.54) is 48.8 Å². The Labute approximate surface area is 196 Å². The zero-order valence-corrected chi connectivity index (χ0v) is 19.3. The summed E-state index contributed by atoms with van der Waals surface area (Å²) in [6.07, 6.45) is 2.77. The SMILES string of the molecule is N#CCc1ccc2cc(Br)c(C(F)(F)P(=O)(Oc3ccccn3)Oc3ccccn3)cc2c1. The first kappa shape index (κ1) is 22.8. The first-order valence-electron chi connectivity index (χ1n) is 9.61. The van der Waals surface area contributed by atoms with Crippen LogP contribution >= 0.6 is 23.5 Å². The lowest BCUT2D eigenvalue weighted by atomic mass is 10.0. The summed E-state index contributed by atoms with van der Waals surface area (Å²) in [4.78, 5) is 7.69. The van der Waals surface area contributed by atoms with Crippen LogP contribution in [0.15, 0.2) is 83.6 Å². The molecule has 0 unspecified atom stereocenters. The Morgan fingerprint density at radius 3 is 2.12 bits per heavy atom. The molecule has 0 N–H and O–H groups in total. The van der Waals surface area contributed by atoms with Crippen molar-refractivity contribution >= 4 is 34.3 Å². The minimum absolute atomic E-state index is 0.0162. The monoisotopic (exact) mass is 529 g/mol. The number of rotatable bonds is 7. The van der Waals surface area contributed by atoms with Crippen molar-refractivity contribution in [1.29, 1.82) is 5.26 Å². The van der Waals surface area contributed by atoms with Crippen LogP contribution in [0.1, 0.15) is 11.1 Å². The number of hydrogen-bond donors (Lipinski definition) is 0. The Bertz CT molecular complexity index is 1340. The van der Waals surface area contributed by atoms with Crippen LogP contribution in [-0.4, -0.2) is 9.97 Å². The van der Waals surface area contributed by atoms with E-state index in [0.717, 1.165) is 0 Å². The summed E-state index contributed by atoms with van der Waals surface area (Å²) in [6, 6.07) is 18.6. The average molecular weight is 530 g/mol. The standard InChI is InChI=1S/C23H15BrF2N3O3P/c24-20-15-17-8-7-16(9-10-27)13-18(17)14-19(20)23(25,26)33(30,31-21-5-1-3-11-28-21)32-22-6-2-4-12-29-22/h1-8,11-15H,9H2. The van der Waals surface area contributed by atoms with Crippen molar-refractivity contribution in [3.63, 3.8) is 0 Å². The molecule has 0 bridgehead atoms. The van der Waals surface area contributed by atoms with E-state index in [-0.39, 0.29) is 22.7 Å². The summed E-state index contributed by atoms with van der Waals surface area (Å²) in [7, 11) is -5.26. The molecular formula is C23H15BrF2N3O3P. The highest BCUT2D eigenvalue weighted by atomic mass is 79.9. The van der Waals surface area contributed by atoms with E-state index in [0.29, 0.717) is 16.3 Å². The number of alkyl halides is 2. The molecule has 0 atom stereocenters. The second kappa shape index (κ2) is 9.26. The molecule has 0 saturated heterocycles. The van der Waals surface area contributed by atoms with Crippen LogP contribution in [0.25, 0.3) is 10.8 Å². The molecule has 4 aromatic rings. The largest absolute Gasteiger partial charge is 0.507 e. The molecule has 33 heavy (non-hydrogen) atoms. The van der Waals surface area contributed by atoms with Crippen LogP contribution < -0.4 is 9.05 Å². The van der Waals surface area contributed by atoms with Crippen molar-refractivity contribution in [2.45, 2.75) is 12.1 Å². The van der Waals surface area contributed by atoms with Crippen LogP contribution in [0.3, 0.4) is 0 Å². The predicted octanol–water partition coefficient (Wildman–Crippen LogP) is 6.86. The highest BCUT2D eigenvalue weighted by molar-refractivity contribution is 9.10. The molecule has 0 spiro atoms. The van der Waals surface area contributed by atoms with Gasteiger partial charge < -0.3 is 9.05 Å². The number of pyridine rings is 2. The lowest BCUT2D eigenvalue weighted by Gasteiger charge is -2.27. The molecule has 0 aliphatic heterocycles. The van der Waals surface area contributed by atoms with Crippen molar-refractivity contribution in [2.24, 2.45) is 0 Å². The van der Waals surface area contributed by atoms with Gasteiger partial charge in [-0.25, -0.2) is 14.5 Å². The second-order valence-corrected chi connectivity index (χ2v) is 9.68. The molecule has 166 valence electrons. The summed E-state index contributed by atoms with van der Waals surface area (Å²) in [6.45, 7) is 0. The average Bonchev–Trinajstić information content (AvgIpc) is 2.80. The fraction of sp³-hybridized carbons (Fsp3) is 0.0870. The number of halogens is 3. The van der Waals surface area contributed by atoms with Gasteiger partial charge in [-0.1, -0.05) is 46.3 Å². The molecule has 10 heteroatoms. The Morgan fingerprint density at radius 2 is 1.58 bits per heavy atom. The molecule has 0 aliphatic carbocycles. The molecule has 2 aromatic carbocycles. The van der Waals surface area contributed by atoms with Gasteiger partial charge in [-0.05, 0) is 40.6 Å².